The van der Waals surface area contributed by atoms with Crippen LogP contribution in [0, 0.1) is 0 Å². The highest BCUT2D eigenvalue weighted by molar-refractivity contribution is 7.26. The van der Waals surface area contributed by atoms with Crippen LogP contribution in [0.4, 0.5) is 0 Å². The molecule has 0 atom stereocenters. The molecule has 0 unspecified atom stereocenters. The molecule has 8 aromatic rings. The molecule has 2 heterocycles. The van der Waals surface area contributed by atoms with Gasteiger partial charge in [0.2, 0.25) is 0 Å². The second kappa shape index (κ2) is 10.8. The van der Waals surface area contributed by atoms with E-state index < -0.39 is 0 Å². The van der Waals surface area contributed by atoms with Gasteiger partial charge < -0.3 is 0 Å². The van der Waals surface area contributed by atoms with Crippen LogP contribution in [0.1, 0.15) is 0 Å². The molecule has 0 aliphatic heterocycles. The molecule has 0 amide bonds. The number of fused-ring (bicyclic) bond motifs is 3. The minimum absolute atomic E-state index is 0.740. The highest BCUT2D eigenvalue weighted by Crippen LogP contribution is 2.40. The molecule has 43 heavy (non-hydrogen) atoms. The number of benzene rings is 6. The zero-order valence-electron chi connectivity index (χ0n) is 23.3. The van der Waals surface area contributed by atoms with Gasteiger partial charge >= 0.3 is 0 Å². The molecule has 0 bridgehead atoms. The lowest BCUT2D eigenvalue weighted by atomic mass is 9.94. The molecular weight excluding hydrogens is 541 g/mol. The maximum Gasteiger partial charge on any atom is 0.160 e. The molecule has 0 spiro atoms. The summed E-state index contributed by atoms with van der Waals surface area (Å²) in [6.07, 6.45) is 0. The molecule has 0 N–H and O–H groups in total. The van der Waals surface area contributed by atoms with Gasteiger partial charge in [0, 0.05) is 21.2 Å². The molecule has 6 aromatic carbocycles. The predicted molar refractivity (Wildman–Crippen MR) is 182 cm³/mol. The summed E-state index contributed by atoms with van der Waals surface area (Å²) in [6.45, 7) is 0. The van der Waals surface area contributed by atoms with Gasteiger partial charge in [-0.2, -0.15) is 0 Å². The quantitative estimate of drug-likeness (QED) is 0.207. The Balaban J connectivity index is 1.24. The lowest BCUT2D eigenvalue weighted by Gasteiger charge is -2.12. The summed E-state index contributed by atoms with van der Waals surface area (Å²) in [5, 5.41) is 1.17. The molecule has 0 aliphatic rings. The van der Waals surface area contributed by atoms with Crippen LogP contribution in [0.5, 0.6) is 0 Å². The van der Waals surface area contributed by atoms with Crippen molar-refractivity contribution in [3.8, 4) is 56.0 Å². The second-order valence-electron chi connectivity index (χ2n) is 10.6. The molecule has 3 heteroatoms. The normalized spacial score (nSPS) is 11.3. The Kier molecular flexibility index (Phi) is 6.36. The van der Waals surface area contributed by atoms with Crippen LogP contribution >= 0.6 is 11.3 Å². The predicted octanol–water partition coefficient (Wildman–Crippen LogP) is 11.2. The fourth-order valence-corrected chi connectivity index (χ4v) is 6.92. The van der Waals surface area contributed by atoms with Gasteiger partial charge in [-0.1, -0.05) is 152 Å². The molecule has 0 saturated carbocycles. The summed E-state index contributed by atoms with van der Waals surface area (Å²) in [4.78, 5) is 10.3. The Morgan fingerprint density at radius 1 is 0.372 bits per heavy atom. The maximum atomic E-state index is 5.21. The van der Waals surface area contributed by atoms with Crippen LogP contribution in [0.25, 0.3) is 76.3 Å². The first-order chi connectivity index (χ1) is 21.3. The van der Waals surface area contributed by atoms with Crippen LogP contribution in [0.3, 0.4) is 0 Å². The first-order valence-electron chi connectivity index (χ1n) is 14.4. The van der Waals surface area contributed by atoms with E-state index >= 15 is 0 Å². The van der Waals surface area contributed by atoms with Crippen LogP contribution in [0.2, 0.25) is 0 Å². The van der Waals surface area contributed by atoms with Crippen molar-refractivity contribution in [2.45, 2.75) is 0 Å². The van der Waals surface area contributed by atoms with E-state index in [1.165, 1.54) is 43.5 Å². The van der Waals surface area contributed by atoms with E-state index in [-0.39, 0.29) is 0 Å². The number of thiophene rings is 1. The summed E-state index contributed by atoms with van der Waals surface area (Å²) in [5.74, 6) is 0.740. The van der Waals surface area contributed by atoms with Crippen molar-refractivity contribution in [1.29, 1.82) is 0 Å². The second-order valence-corrected chi connectivity index (χ2v) is 11.7. The SMILES string of the molecule is c1ccc(-c2ccc(-c3nc(-c4ccc(-c5ccccc5-c5ccccc5)cc4)c4sc5ccccc5c4n3)cc2)cc1. The summed E-state index contributed by atoms with van der Waals surface area (Å²) < 4.78 is 2.33. The van der Waals surface area contributed by atoms with Crippen molar-refractivity contribution in [2.75, 3.05) is 0 Å². The van der Waals surface area contributed by atoms with E-state index in [2.05, 4.69) is 152 Å². The third kappa shape index (κ3) is 4.70. The van der Waals surface area contributed by atoms with Gasteiger partial charge in [-0.3, -0.25) is 0 Å². The van der Waals surface area contributed by atoms with Crippen molar-refractivity contribution >= 4 is 31.6 Å². The van der Waals surface area contributed by atoms with Crippen LogP contribution in [-0.2, 0) is 0 Å². The average molecular weight is 567 g/mol. The molecule has 0 saturated heterocycles. The van der Waals surface area contributed by atoms with Crippen molar-refractivity contribution in [3.05, 3.63) is 158 Å². The lowest BCUT2D eigenvalue weighted by Crippen LogP contribution is -1.94. The average Bonchev–Trinajstić information content (AvgIpc) is 3.48. The minimum atomic E-state index is 0.740. The lowest BCUT2D eigenvalue weighted by molar-refractivity contribution is 1.24. The van der Waals surface area contributed by atoms with Crippen LogP contribution < -0.4 is 0 Å². The topological polar surface area (TPSA) is 25.8 Å². The Labute approximate surface area is 254 Å². The van der Waals surface area contributed by atoms with E-state index in [1.54, 1.807) is 11.3 Å². The zero-order chi connectivity index (χ0) is 28.6. The molecule has 0 radical (unpaired) electrons. The number of hydrogen-bond acceptors (Lipinski definition) is 3. The maximum absolute atomic E-state index is 5.21. The molecule has 2 aromatic heterocycles. The summed E-state index contributed by atoms with van der Waals surface area (Å²) >= 11 is 1.76. The van der Waals surface area contributed by atoms with Gasteiger partial charge in [0.15, 0.2) is 5.82 Å². The number of rotatable bonds is 5. The van der Waals surface area contributed by atoms with Gasteiger partial charge in [-0.25, -0.2) is 9.97 Å². The van der Waals surface area contributed by atoms with Gasteiger partial charge in [-0.05, 0) is 39.4 Å². The first-order valence-corrected chi connectivity index (χ1v) is 15.2. The molecule has 202 valence electrons. The largest absolute Gasteiger partial charge is 0.226 e. The number of aromatic nitrogens is 2. The van der Waals surface area contributed by atoms with Gasteiger partial charge in [0.05, 0.1) is 15.9 Å². The van der Waals surface area contributed by atoms with Crippen molar-refractivity contribution in [2.24, 2.45) is 0 Å². The summed E-state index contributed by atoms with van der Waals surface area (Å²) in [5.41, 5.74) is 11.3. The standard InChI is InChI=1S/C40H26N2S/c1-3-11-27(12-4-1)28-19-25-32(26-20-28)40-41-37(39-38(42-40)35-17-9-10-18-36(35)43-39)31-23-21-30(22-24-31)34-16-8-7-15-33(34)29-13-5-2-6-14-29/h1-26H. The Bertz CT molecular complexity index is 2200. The Morgan fingerprint density at radius 2 is 0.860 bits per heavy atom. The first kappa shape index (κ1) is 25.3. The Hall–Kier alpha value is -5.38. The monoisotopic (exact) mass is 566 g/mol. The van der Waals surface area contributed by atoms with Crippen molar-refractivity contribution in [3.63, 3.8) is 0 Å². The molecule has 8 rings (SSSR count). The van der Waals surface area contributed by atoms with E-state index in [9.17, 15) is 0 Å². The van der Waals surface area contributed by atoms with Crippen LogP contribution in [0.15, 0.2) is 158 Å². The highest BCUT2D eigenvalue weighted by atomic mass is 32.1. The third-order valence-electron chi connectivity index (χ3n) is 7.95. The van der Waals surface area contributed by atoms with Gasteiger partial charge in [-0.15, -0.1) is 11.3 Å². The fraction of sp³-hybridized carbons (Fsp3) is 0. The van der Waals surface area contributed by atoms with Crippen molar-refractivity contribution in [1.82, 2.24) is 9.97 Å². The number of hydrogen-bond donors (Lipinski definition) is 0. The third-order valence-corrected chi connectivity index (χ3v) is 9.12. The van der Waals surface area contributed by atoms with Gasteiger partial charge in [0.1, 0.15) is 0 Å². The summed E-state index contributed by atoms with van der Waals surface area (Å²) in [6, 6.07) is 55.5. The minimum Gasteiger partial charge on any atom is -0.226 e. The fourth-order valence-electron chi connectivity index (χ4n) is 5.77. The molecule has 2 nitrogen and oxygen atoms in total. The van der Waals surface area contributed by atoms with Gasteiger partial charge in [0.25, 0.3) is 0 Å². The van der Waals surface area contributed by atoms with E-state index in [0.29, 0.717) is 0 Å². The summed E-state index contributed by atoms with van der Waals surface area (Å²) in [7, 11) is 0. The van der Waals surface area contributed by atoms with E-state index in [0.717, 1.165) is 32.9 Å². The zero-order valence-corrected chi connectivity index (χ0v) is 24.1. The smallest absolute Gasteiger partial charge is 0.160 e. The Morgan fingerprint density at radius 3 is 1.56 bits per heavy atom. The highest BCUT2D eigenvalue weighted by Gasteiger charge is 2.17. The molecule has 0 fully saturated rings. The van der Waals surface area contributed by atoms with Crippen molar-refractivity contribution < 1.29 is 0 Å². The van der Waals surface area contributed by atoms with E-state index in [4.69, 9.17) is 9.97 Å². The molecular formula is C40H26N2S. The number of nitrogens with zero attached hydrogens (tertiary/aromatic N) is 2. The molecule has 0 aliphatic carbocycles. The van der Waals surface area contributed by atoms with E-state index in [1.807, 2.05) is 6.07 Å². The van der Waals surface area contributed by atoms with Crippen LogP contribution in [-0.4, -0.2) is 9.97 Å².